The molecular formula is C23H19BrN6S2. The molecule has 0 radical (unpaired) electrons. The fourth-order valence-electron chi connectivity index (χ4n) is 3.01. The number of nitrogens with zero attached hydrogens (tertiary/aromatic N) is 3. The van der Waals surface area contributed by atoms with Crippen molar-refractivity contribution in [2.45, 2.75) is 6.92 Å². The number of hydrogen-bond acceptors (Lipinski definition) is 5. The van der Waals surface area contributed by atoms with Gasteiger partial charge >= 0.3 is 0 Å². The van der Waals surface area contributed by atoms with E-state index in [4.69, 9.17) is 29.4 Å². The van der Waals surface area contributed by atoms with E-state index in [0.29, 0.717) is 21.7 Å². The fourth-order valence-corrected chi connectivity index (χ4v) is 3.71. The van der Waals surface area contributed by atoms with Gasteiger partial charge in [-0.1, -0.05) is 64.5 Å². The molecule has 3 N–H and O–H groups in total. The van der Waals surface area contributed by atoms with Crippen LogP contribution in [0.4, 0.5) is 11.6 Å². The number of benzene rings is 3. The predicted octanol–water partition coefficient (Wildman–Crippen LogP) is 6.05. The largest absolute Gasteiger partial charge is 0.331 e. The number of halogens is 1. The van der Waals surface area contributed by atoms with Gasteiger partial charge in [-0.15, -0.1) is 0 Å². The summed E-state index contributed by atoms with van der Waals surface area (Å²) in [6, 6.07) is 25.3. The van der Waals surface area contributed by atoms with E-state index >= 15 is 0 Å². The van der Waals surface area contributed by atoms with Gasteiger partial charge in [0.25, 0.3) is 0 Å². The summed E-state index contributed by atoms with van der Waals surface area (Å²) in [5, 5.41) is 3.58. The quantitative estimate of drug-likeness (QED) is 0.218. The summed E-state index contributed by atoms with van der Waals surface area (Å²) in [6.45, 7) is 2.01. The normalized spacial score (nSPS) is 10.4. The summed E-state index contributed by atoms with van der Waals surface area (Å²) in [5.41, 5.74) is 9.79. The summed E-state index contributed by atoms with van der Waals surface area (Å²) in [6.07, 6.45) is 0. The van der Waals surface area contributed by atoms with Crippen molar-refractivity contribution in [3.05, 3.63) is 93.7 Å². The highest BCUT2D eigenvalue weighted by molar-refractivity contribution is 9.10. The van der Waals surface area contributed by atoms with Gasteiger partial charge in [-0.2, -0.15) is 9.97 Å². The maximum Gasteiger partial charge on any atom is 0.230 e. The molecule has 3 aromatic carbocycles. The van der Waals surface area contributed by atoms with Gasteiger partial charge in [-0.25, -0.2) is 0 Å². The van der Waals surface area contributed by atoms with Gasteiger partial charge < -0.3 is 5.32 Å². The van der Waals surface area contributed by atoms with Crippen LogP contribution >= 0.6 is 40.4 Å². The first-order valence-electron chi connectivity index (χ1n) is 9.72. The van der Waals surface area contributed by atoms with Crippen molar-refractivity contribution >= 4 is 57.1 Å². The van der Waals surface area contributed by atoms with Crippen LogP contribution in [-0.4, -0.2) is 19.6 Å². The van der Waals surface area contributed by atoms with Crippen LogP contribution in [0.2, 0.25) is 0 Å². The Morgan fingerprint density at radius 2 is 1.59 bits per heavy atom. The molecule has 4 rings (SSSR count). The number of nitrogens with one attached hydrogen (secondary N) is 3. The summed E-state index contributed by atoms with van der Waals surface area (Å²) >= 11 is 14.6. The van der Waals surface area contributed by atoms with Gasteiger partial charge in [0.2, 0.25) is 10.7 Å². The number of aromatic nitrogens is 3. The Balaban J connectivity index is 1.67. The van der Waals surface area contributed by atoms with E-state index in [1.807, 2.05) is 85.8 Å². The molecule has 1 aromatic heterocycles. The van der Waals surface area contributed by atoms with E-state index in [1.165, 1.54) is 0 Å². The molecule has 0 saturated heterocycles. The summed E-state index contributed by atoms with van der Waals surface area (Å²) in [4.78, 5) is 9.26. The van der Waals surface area contributed by atoms with E-state index in [0.717, 1.165) is 27.0 Å². The van der Waals surface area contributed by atoms with Gasteiger partial charge in [-0.05, 0) is 67.3 Å². The maximum absolute atomic E-state index is 5.63. The molecule has 160 valence electrons. The average molecular weight is 523 g/mol. The number of hydrogen-bond donors (Lipinski definition) is 3. The van der Waals surface area contributed by atoms with Gasteiger partial charge in [0.05, 0.1) is 5.69 Å². The Labute approximate surface area is 204 Å². The SMILES string of the molecule is Cc1ccccc1NC(=S)NNc1nc(-c2ccccc2)nc(=S)n1-c1ccc(Br)cc1. The summed E-state index contributed by atoms with van der Waals surface area (Å²) < 4.78 is 3.08. The molecule has 0 aliphatic carbocycles. The van der Waals surface area contributed by atoms with Crippen molar-refractivity contribution in [2.75, 3.05) is 10.7 Å². The minimum Gasteiger partial charge on any atom is -0.331 e. The standard InChI is InChI=1S/C23H19BrN6S2/c1-15-7-5-6-10-19(15)25-22(31)29-28-21-26-20(16-8-3-2-4-9-16)27-23(32)30(21)18-13-11-17(24)12-14-18/h2-14H,1H3,(H2,25,29,31)(H,26,27,28,32). The van der Waals surface area contributed by atoms with Crippen LogP contribution in [0.15, 0.2) is 83.3 Å². The third-order valence-electron chi connectivity index (χ3n) is 4.61. The Morgan fingerprint density at radius 1 is 0.906 bits per heavy atom. The van der Waals surface area contributed by atoms with Crippen molar-refractivity contribution in [3.63, 3.8) is 0 Å². The second-order valence-electron chi connectivity index (χ2n) is 6.85. The van der Waals surface area contributed by atoms with Crippen LogP contribution in [-0.2, 0) is 0 Å². The summed E-state index contributed by atoms with van der Waals surface area (Å²) in [5.74, 6) is 0.978. The third-order valence-corrected chi connectivity index (χ3v) is 5.62. The van der Waals surface area contributed by atoms with Crippen molar-refractivity contribution < 1.29 is 0 Å². The molecular weight excluding hydrogens is 504 g/mol. The first-order chi connectivity index (χ1) is 15.5. The predicted molar refractivity (Wildman–Crippen MR) is 139 cm³/mol. The topological polar surface area (TPSA) is 66.8 Å². The molecule has 0 aliphatic heterocycles. The Kier molecular flexibility index (Phi) is 6.89. The van der Waals surface area contributed by atoms with Crippen molar-refractivity contribution in [3.8, 4) is 17.1 Å². The molecule has 0 spiro atoms. The van der Waals surface area contributed by atoms with Crippen LogP contribution < -0.4 is 16.2 Å². The molecule has 0 amide bonds. The zero-order chi connectivity index (χ0) is 22.5. The van der Waals surface area contributed by atoms with Gasteiger partial charge in [0.15, 0.2) is 10.9 Å². The highest BCUT2D eigenvalue weighted by atomic mass is 79.9. The monoisotopic (exact) mass is 522 g/mol. The van der Waals surface area contributed by atoms with Crippen LogP contribution in [0.25, 0.3) is 17.1 Å². The first-order valence-corrected chi connectivity index (χ1v) is 11.3. The zero-order valence-corrected chi connectivity index (χ0v) is 20.3. The smallest absolute Gasteiger partial charge is 0.230 e. The molecule has 0 bridgehead atoms. The minimum atomic E-state index is 0.364. The minimum absolute atomic E-state index is 0.364. The van der Waals surface area contributed by atoms with Crippen molar-refractivity contribution in [1.29, 1.82) is 0 Å². The summed E-state index contributed by atoms with van der Waals surface area (Å²) in [7, 11) is 0. The van der Waals surface area contributed by atoms with E-state index in [-0.39, 0.29) is 0 Å². The highest BCUT2D eigenvalue weighted by Crippen LogP contribution is 2.21. The third kappa shape index (κ3) is 5.18. The Morgan fingerprint density at radius 3 is 2.31 bits per heavy atom. The van der Waals surface area contributed by atoms with Crippen LogP contribution in [0.1, 0.15) is 5.56 Å². The van der Waals surface area contributed by atoms with Crippen LogP contribution in [0, 0.1) is 11.7 Å². The van der Waals surface area contributed by atoms with Crippen molar-refractivity contribution in [1.82, 2.24) is 20.0 Å². The van der Waals surface area contributed by atoms with Crippen LogP contribution in [0.5, 0.6) is 0 Å². The molecule has 0 unspecified atom stereocenters. The lowest BCUT2D eigenvalue weighted by molar-refractivity contribution is 0.880. The molecule has 9 heteroatoms. The Bertz CT molecular complexity index is 1310. The second kappa shape index (κ2) is 9.99. The van der Waals surface area contributed by atoms with Gasteiger partial charge in [0.1, 0.15) is 0 Å². The number of para-hydroxylation sites is 1. The molecule has 0 atom stereocenters. The molecule has 0 aliphatic rings. The van der Waals surface area contributed by atoms with E-state index in [9.17, 15) is 0 Å². The number of hydrazine groups is 1. The van der Waals surface area contributed by atoms with Gasteiger partial charge in [-0.3, -0.25) is 15.4 Å². The number of anilines is 2. The maximum atomic E-state index is 5.63. The van der Waals surface area contributed by atoms with E-state index in [1.54, 1.807) is 4.57 Å². The number of rotatable bonds is 5. The highest BCUT2D eigenvalue weighted by Gasteiger charge is 2.12. The van der Waals surface area contributed by atoms with E-state index < -0.39 is 0 Å². The molecule has 32 heavy (non-hydrogen) atoms. The lowest BCUT2D eigenvalue weighted by Gasteiger charge is -2.18. The molecule has 0 saturated carbocycles. The zero-order valence-electron chi connectivity index (χ0n) is 17.0. The number of aryl methyl sites for hydroxylation is 1. The number of thiocarbonyl (C=S) groups is 1. The molecule has 0 fully saturated rings. The van der Waals surface area contributed by atoms with E-state index in [2.05, 4.69) is 37.1 Å². The lowest BCUT2D eigenvalue weighted by atomic mass is 10.2. The molecule has 4 aromatic rings. The average Bonchev–Trinajstić information content (AvgIpc) is 2.80. The fraction of sp³-hybridized carbons (Fsp3) is 0.0435. The lowest BCUT2D eigenvalue weighted by Crippen LogP contribution is -2.35. The van der Waals surface area contributed by atoms with Gasteiger partial charge in [0, 0.05) is 15.7 Å². The van der Waals surface area contributed by atoms with Crippen LogP contribution in [0.3, 0.4) is 0 Å². The first kappa shape index (κ1) is 22.1. The van der Waals surface area contributed by atoms with Crippen molar-refractivity contribution in [2.24, 2.45) is 0 Å². The second-order valence-corrected chi connectivity index (χ2v) is 8.54. The Hall–Kier alpha value is -3.14. The molecule has 6 nitrogen and oxygen atoms in total. The molecule has 1 heterocycles.